The molecular formula is C11H20O4. The van der Waals surface area contributed by atoms with Crippen molar-refractivity contribution in [3.05, 3.63) is 12.2 Å². The number of aliphatic hydroxyl groups excluding tert-OH is 2. The number of esters is 1. The molecule has 88 valence electrons. The van der Waals surface area contributed by atoms with Gasteiger partial charge in [0, 0.05) is 6.42 Å². The van der Waals surface area contributed by atoms with E-state index in [1.807, 2.05) is 12.2 Å². The number of allylic oxidation sites excluding steroid dienone is 1. The highest BCUT2D eigenvalue weighted by Crippen LogP contribution is 2.00. The lowest BCUT2D eigenvalue weighted by Crippen LogP contribution is -2.09. The van der Waals surface area contributed by atoms with Crippen LogP contribution in [0.1, 0.15) is 32.6 Å². The number of ether oxygens (including phenoxy) is 1. The van der Waals surface area contributed by atoms with Crippen molar-refractivity contribution < 1.29 is 19.7 Å². The lowest BCUT2D eigenvalue weighted by Gasteiger charge is -2.01. The molecule has 0 aliphatic heterocycles. The maximum absolute atomic E-state index is 10.9. The quantitative estimate of drug-likeness (QED) is 0.361. The van der Waals surface area contributed by atoms with Crippen molar-refractivity contribution in [2.75, 3.05) is 13.2 Å². The highest BCUT2D eigenvalue weighted by Gasteiger charge is 1.99. The largest absolute Gasteiger partial charge is 0.466 e. The van der Waals surface area contributed by atoms with Crippen LogP contribution in [0, 0.1) is 0 Å². The molecule has 0 bridgehead atoms. The van der Waals surface area contributed by atoms with E-state index < -0.39 is 6.10 Å². The lowest BCUT2D eigenvalue weighted by atomic mass is 10.2. The van der Waals surface area contributed by atoms with Crippen molar-refractivity contribution in [1.29, 1.82) is 0 Å². The van der Waals surface area contributed by atoms with E-state index >= 15 is 0 Å². The Morgan fingerprint density at radius 3 is 2.80 bits per heavy atom. The molecule has 0 aliphatic carbocycles. The van der Waals surface area contributed by atoms with Crippen LogP contribution >= 0.6 is 0 Å². The molecule has 0 fully saturated rings. The standard InChI is InChI=1S/C11H20O4/c1-2-15-11(14)8-6-4-3-5-7-10(13)9-12/h3,5,10,12-13H,2,4,6-9H2,1H3/b5-3-. The molecule has 0 aromatic carbocycles. The maximum Gasteiger partial charge on any atom is 0.305 e. The molecule has 0 rings (SSSR count). The highest BCUT2D eigenvalue weighted by atomic mass is 16.5. The van der Waals surface area contributed by atoms with Crippen molar-refractivity contribution in [3.8, 4) is 0 Å². The monoisotopic (exact) mass is 216 g/mol. The summed E-state index contributed by atoms with van der Waals surface area (Å²) in [5.41, 5.74) is 0. The van der Waals surface area contributed by atoms with E-state index in [2.05, 4.69) is 0 Å². The topological polar surface area (TPSA) is 66.8 Å². The first-order chi connectivity index (χ1) is 7.20. The number of unbranched alkanes of at least 4 members (excludes halogenated alkanes) is 1. The smallest absolute Gasteiger partial charge is 0.305 e. The number of rotatable bonds is 8. The molecule has 2 N–H and O–H groups in total. The van der Waals surface area contributed by atoms with Gasteiger partial charge in [-0.2, -0.15) is 0 Å². The molecule has 0 heterocycles. The summed E-state index contributed by atoms with van der Waals surface area (Å²) in [7, 11) is 0. The van der Waals surface area contributed by atoms with E-state index in [-0.39, 0.29) is 12.6 Å². The summed E-state index contributed by atoms with van der Waals surface area (Å²) in [5.74, 6) is -0.165. The Kier molecular flexibility index (Phi) is 9.11. The third-order valence-electron chi connectivity index (χ3n) is 1.84. The van der Waals surface area contributed by atoms with Crippen LogP contribution in [0.2, 0.25) is 0 Å². The first-order valence-corrected chi connectivity index (χ1v) is 5.30. The minimum Gasteiger partial charge on any atom is -0.466 e. The Morgan fingerprint density at radius 2 is 2.20 bits per heavy atom. The van der Waals surface area contributed by atoms with Gasteiger partial charge < -0.3 is 14.9 Å². The van der Waals surface area contributed by atoms with Gasteiger partial charge in [-0.05, 0) is 26.2 Å². The second-order valence-electron chi connectivity index (χ2n) is 3.24. The molecular weight excluding hydrogens is 196 g/mol. The molecule has 0 aromatic heterocycles. The zero-order valence-corrected chi connectivity index (χ0v) is 9.19. The molecule has 0 saturated heterocycles. The molecule has 4 heteroatoms. The van der Waals surface area contributed by atoms with Crippen molar-refractivity contribution in [3.63, 3.8) is 0 Å². The normalized spacial score (nSPS) is 13.0. The Labute approximate surface area is 90.6 Å². The number of hydrogen-bond acceptors (Lipinski definition) is 4. The molecule has 0 amide bonds. The van der Waals surface area contributed by atoms with Crippen LogP contribution in [0.15, 0.2) is 12.2 Å². The number of carbonyl (C=O) groups is 1. The molecule has 4 nitrogen and oxygen atoms in total. The summed E-state index contributed by atoms with van der Waals surface area (Å²) < 4.78 is 4.77. The summed E-state index contributed by atoms with van der Waals surface area (Å²) in [6, 6.07) is 0. The van der Waals surface area contributed by atoms with Gasteiger partial charge in [-0.25, -0.2) is 0 Å². The van der Waals surface area contributed by atoms with Crippen molar-refractivity contribution in [2.24, 2.45) is 0 Å². The van der Waals surface area contributed by atoms with Gasteiger partial charge in [-0.15, -0.1) is 0 Å². The summed E-state index contributed by atoms with van der Waals surface area (Å²) in [5, 5.41) is 17.5. The lowest BCUT2D eigenvalue weighted by molar-refractivity contribution is -0.143. The van der Waals surface area contributed by atoms with Crippen LogP contribution in [-0.2, 0) is 9.53 Å². The van der Waals surface area contributed by atoms with Crippen LogP contribution in [-0.4, -0.2) is 35.5 Å². The highest BCUT2D eigenvalue weighted by molar-refractivity contribution is 5.69. The van der Waals surface area contributed by atoms with Gasteiger partial charge in [0.15, 0.2) is 0 Å². The first kappa shape index (κ1) is 14.1. The predicted octanol–water partition coefficient (Wildman–Crippen LogP) is 1.02. The van der Waals surface area contributed by atoms with Crippen LogP contribution < -0.4 is 0 Å². The minimum absolute atomic E-state index is 0.165. The minimum atomic E-state index is -0.675. The molecule has 0 radical (unpaired) electrons. The fourth-order valence-electron chi connectivity index (χ4n) is 1.04. The Hall–Kier alpha value is -0.870. The van der Waals surface area contributed by atoms with E-state index in [0.717, 1.165) is 12.8 Å². The Balaban J connectivity index is 3.34. The predicted molar refractivity (Wildman–Crippen MR) is 57.3 cm³/mol. The van der Waals surface area contributed by atoms with Crippen molar-refractivity contribution in [2.45, 2.75) is 38.7 Å². The third-order valence-corrected chi connectivity index (χ3v) is 1.84. The van der Waals surface area contributed by atoms with E-state index in [0.29, 0.717) is 19.4 Å². The molecule has 0 saturated carbocycles. The zero-order valence-electron chi connectivity index (χ0n) is 9.19. The van der Waals surface area contributed by atoms with Gasteiger partial charge in [-0.3, -0.25) is 4.79 Å². The summed E-state index contributed by atoms with van der Waals surface area (Å²) >= 11 is 0. The fraction of sp³-hybridized carbons (Fsp3) is 0.727. The van der Waals surface area contributed by atoms with Gasteiger partial charge in [-0.1, -0.05) is 12.2 Å². The molecule has 1 unspecified atom stereocenters. The SMILES string of the molecule is CCOC(=O)CCC/C=C\CC(O)CO. The second-order valence-corrected chi connectivity index (χ2v) is 3.24. The van der Waals surface area contributed by atoms with Crippen molar-refractivity contribution in [1.82, 2.24) is 0 Å². The van der Waals surface area contributed by atoms with E-state index in [1.165, 1.54) is 0 Å². The van der Waals surface area contributed by atoms with Crippen molar-refractivity contribution >= 4 is 5.97 Å². The molecule has 0 aromatic rings. The van der Waals surface area contributed by atoms with E-state index in [9.17, 15) is 4.79 Å². The summed E-state index contributed by atoms with van der Waals surface area (Å²) in [6.45, 7) is 2.00. The van der Waals surface area contributed by atoms with Crippen LogP contribution in [0.5, 0.6) is 0 Å². The fourth-order valence-corrected chi connectivity index (χ4v) is 1.04. The number of hydrogen-bond donors (Lipinski definition) is 2. The molecule has 0 spiro atoms. The Bertz CT molecular complexity index is 189. The van der Waals surface area contributed by atoms with Crippen LogP contribution in [0.4, 0.5) is 0 Å². The van der Waals surface area contributed by atoms with Gasteiger partial charge in [0.2, 0.25) is 0 Å². The summed E-state index contributed by atoms with van der Waals surface area (Å²) in [4.78, 5) is 10.9. The molecule has 0 aliphatic rings. The molecule has 15 heavy (non-hydrogen) atoms. The average Bonchev–Trinajstić information content (AvgIpc) is 2.23. The average molecular weight is 216 g/mol. The van der Waals surface area contributed by atoms with Gasteiger partial charge in [0.05, 0.1) is 19.3 Å². The molecule has 1 atom stereocenters. The number of aliphatic hydroxyl groups is 2. The second kappa shape index (κ2) is 9.68. The van der Waals surface area contributed by atoms with Gasteiger partial charge >= 0.3 is 5.97 Å². The van der Waals surface area contributed by atoms with E-state index in [1.54, 1.807) is 6.92 Å². The van der Waals surface area contributed by atoms with Gasteiger partial charge in [0.1, 0.15) is 0 Å². The van der Waals surface area contributed by atoms with Gasteiger partial charge in [0.25, 0.3) is 0 Å². The summed E-state index contributed by atoms with van der Waals surface area (Å²) in [6.07, 6.45) is 5.47. The Morgan fingerprint density at radius 1 is 1.47 bits per heavy atom. The van der Waals surface area contributed by atoms with Crippen LogP contribution in [0.25, 0.3) is 0 Å². The first-order valence-electron chi connectivity index (χ1n) is 5.30. The van der Waals surface area contributed by atoms with Crippen LogP contribution in [0.3, 0.4) is 0 Å². The zero-order chi connectivity index (χ0) is 11.5. The maximum atomic E-state index is 10.9. The third kappa shape index (κ3) is 9.43. The number of carbonyl (C=O) groups excluding carboxylic acids is 1. The van der Waals surface area contributed by atoms with E-state index in [4.69, 9.17) is 14.9 Å².